The lowest BCUT2D eigenvalue weighted by Gasteiger charge is -2.10. The van der Waals surface area contributed by atoms with Gasteiger partial charge in [-0.15, -0.1) is 6.42 Å². The zero-order chi connectivity index (χ0) is 13.1. The summed E-state index contributed by atoms with van der Waals surface area (Å²) >= 11 is 0. The maximum absolute atomic E-state index is 6.13. The summed E-state index contributed by atoms with van der Waals surface area (Å²) < 4.78 is 1.87. The van der Waals surface area contributed by atoms with E-state index in [9.17, 15) is 0 Å². The molecular weight excluding hydrogens is 222 g/mol. The number of terminal acetylenes is 1. The van der Waals surface area contributed by atoms with Crippen LogP contribution in [0.3, 0.4) is 0 Å². The first kappa shape index (κ1) is 12.3. The molecule has 0 spiro atoms. The van der Waals surface area contributed by atoms with Crippen LogP contribution >= 0.6 is 0 Å². The molecule has 2 rings (SSSR count). The predicted octanol–water partition coefficient (Wildman–Crippen LogP) is 2.56. The molecule has 2 aromatic rings. The van der Waals surface area contributed by atoms with Gasteiger partial charge in [0.15, 0.2) is 0 Å². The van der Waals surface area contributed by atoms with Crippen LogP contribution in [0.4, 0.5) is 5.82 Å². The third kappa shape index (κ3) is 2.10. The van der Waals surface area contributed by atoms with E-state index >= 15 is 0 Å². The Balaban J connectivity index is 2.41. The van der Waals surface area contributed by atoms with Crippen molar-refractivity contribution in [3.63, 3.8) is 0 Å². The third-order valence-electron chi connectivity index (χ3n) is 3.19. The lowest BCUT2D eigenvalue weighted by molar-refractivity contribution is 0.807. The molecule has 0 amide bonds. The van der Waals surface area contributed by atoms with E-state index in [1.807, 2.05) is 29.7 Å². The molecule has 0 saturated heterocycles. The van der Waals surface area contributed by atoms with Gasteiger partial charge in [0.25, 0.3) is 0 Å². The van der Waals surface area contributed by atoms with Gasteiger partial charge in [0, 0.05) is 5.92 Å². The highest BCUT2D eigenvalue weighted by molar-refractivity contribution is 5.44. The van der Waals surface area contributed by atoms with Gasteiger partial charge in [0.2, 0.25) is 0 Å². The molecule has 0 saturated carbocycles. The Bertz CT molecular complexity index is 576. The van der Waals surface area contributed by atoms with E-state index in [4.69, 9.17) is 12.2 Å². The van der Waals surface area contributed by atoms with E-state index in [2.05, 4.69) is 30.0 Å². The topological polar surface area (TPSA) is 43.8 Å². The van der Waals surface area contributed by atoms with Gasteiger partial charge in [-0.2, -0.15) is 0 Å². The second-order valence-electron chi connectivity index (χ2n) is 4.35. The highest BCUT2D eigenvalue weighted by Crippen LogP contribution is 2.28. The molecule has 1 aromatic heterocycles. The monoisotopic (exact) mass is 239 g/mol. The van der Waals surface area contributed by atoms with Crippen molar-refractivity contribution in [3.8, 4) is 12.3 Å². The SMILES string of the molecule is C#CCn1c(C)nc(C(C)c2ccccc2)c1N. The lowest BCUT2D eigenvalue weighted by Crippen LogP contribution is -2.06. The van der Waals surface area contributed by atoms with Crippen LogP contribution in [-0.4, -0.2) is 9.55 Å². The number of nitrogen functional groups attached to an aromatic ring is 1. The first-order valence-electron chi connectivity index (χ1n) is 5.96. The number of benzene rings is 1. The van der Waals surface area contributed by atoms with Gasteiger partial charge in [0.05, 0.1) is 12.2 Å². The Morgan fingerprint density at radius 3 is 2.67 bits per heavy atom. The minimum atomic E-state index is 0.170. The molecule has 0 radical (unpaired) electrons. The second-order valence-corrected chi connectivity index (χ2v) is 4.35. The summed E-state index contributed by atoms with van der Waals surface area (Å²) in [6.45, 7) is 4.49. The molecular formula is C15H17N3. The van der Waals surface area contributed by atoms with Crippen LogP contribution in [0.25, 0.3) is 0 Å². The van der Waals surface area contributed by atoms with Crippen molar-refractivity contribution in [2.75, 3.05) is 5.73 Å². The number of nitrogens with two attached hydrogens (primary N) is 1. The number of hydrogen-bond acceptors (Lipinski definition) is 2. The lowest BCUT2D eigenvalue weighted by atomic mass is 9.98. The molecule has 0 fully saturated rings. The molecule has 3 nitrogen and oxygen atoms in total. The normalized spacial score (nSPS) is 12.1. The zero-order valence-electron chi connectivity index (χ0n) is 10.7. The van der Waals surface area contributed by atoms with Crippen molar-refractivity contribution in [2.24, 2.45) is 0 Å². The van der Waals surface area contributed by atoms with Crippen molar-refractivity contribution in [3.05, 3.63) is 47.4 Å². The van der Waals surface area contributed by atoms with Gasteiger partial charge in [-0.05, 0) is 12.5 Å². The zero-order valence-corrected chi connectivity index (χ0v) is 10.7. The van der Waals surface area contributed by atoms with Crippen molar-refractivity contribution in [2.45, 2.75) is 26.3 Å². The fourth-order valence-corrected chi connectivity index (χ4v) is 2.11. The van der Waals surface area contributed by atoms with Crippen LogP contribution in [-0.2, 0) is 6.54 Å². The van der Waals surface area contributed by atoms with E-state index in [1.54, 1.807) is 0 Å². The van der Waals surface area contributed by atoms with Gasteiger partial charge in [-0.1, -0.05) is 43.2 Å². The minimum absolute atomic E-state index is 0.170. The number of imidazole rings is 1. The van der Waals surface area contributed by atoms with Crippen molar-refractivity contribution >= 4 is 5.82 Å². The van der Waals surface area contributed by atoms with E-state index < -0.39 is 0 Å². The highest BCUT2D eigenvalue weighted by Gasteiger charge is 2.18. The van der Waals surface area contributed by atoms with Gasteiger partial charge < -0.3 is 10.3 Å². The average Bonchev–Trinajstić information content (AvgIpc) is 2.67. The van der Waals surface area contributed by atoms with Gasteiger partial charge in [0.1, 0.15) is 11.6 Å². The maximum atomic E-state index is 6.13. The summed E-state index contributed by atoms with van der Waals surface area (Å²) in [5.41, 5.74) is 8.23. The molecule has 1 unspecified atom stereocenters. The highest BCUT2D eigenvalue weighted by atomic mass is 15.1. The predicted molar refractivity (Wildman–Crippen MR) is 74.2 cm³/mol. The number of rotatable bonds is 3. The number of aromatic nitrogens is 2. The average molecular weight is 239 g/mol. The first-order valence-corrected chi connectivity index (χ1v) is 5.96. The smallest absolute Gasteiger partial charge is 0.128 e. The Kier molecular flexibility index (Phi) is 3.38. The summed E-state index contributed by atoms with van der Waals surface area (Å²) in [6, 6.07) is 10.2. The van der Waals surface area contributed by atoms with Crippen LogP contribution in [0.2, 0.25) is 0 Å². The van der Waals surface area contributed by atoms with E-state index in [0.29, 0.717) is 12.4 Å². The third-order valence-corrected chi connectivity index (χ3v) is 3.19. The van der Waals surface area contributed by atoms with Crippen LogP contribution in [0.1, 0.15) is 29.9 Å². The largest absolute Gasteiger partial charge is 0.383 e. The Labute approximate surface area is 108 Å². The Morgan fingerprint density at radius 2 is 2.06 bits per heavy atom. The number of aryl methyl sites for hydroxylation is 1. The van der Waals surface area contributed by atoms with Crippen molar-refractivity contribution < 1.29 is 0 Å². The molecule has 18 heavy (non-hydrogen) atoms. The number of nitrogens with zero attached hydrogens (tertiary/aromatic N) is 2. The minimum Gasteiger partial charge on any atom is -0.383 e. The van der Waals surface area contributed by atoms with Crippen LogP contribution in [0.5, 0.6) is 0 Å². The summed E-state index contributed by atoms with van der Waals surface area (Å²) in [5.74, 6) is 4.30. The molecule has 0 aliphatic rings. The van der Waals surface area contributed by atoms with Crippen LogP contribution in [0, 0.1) is 19.3 Å². The molecule has 0 bridgehead atoms. The fourth-order valence-electron chi connectivity index (χ4n) is 2.11. The number of anilines is 1. The molecule has 92 valence electrons. The Morgan fingerprint density at radius 1 is 1.39 bits per heavy atom. The molecule has 1 aromatic carbocycles. The van der Waals surface area contributed by atoms with Gasteiger partial charge in [-0.25, -0.2) is 4.98 Å². The summed E-state index contributed by atoms with van der Waals surface area (Å²) in [6.07, 6.45) is 5.34. The quantitative estimate of drug-likeness (QED) is 0.836. The first-order chi connectivity index (χ1) is 8.65. The maximum Gasteiger partial charge on any atom is 0.128 e. The van der Waals surface area contributed by atoms with Gasteiger partial charge >= 0.3 is 0 Å². The van der Waals surface area contributed by atoms with Crippen LogP contribution in [0.15, 0.2) is 30.3 Å². The Hall–Kier alpha value is -2.21. The van der Waals surface area contributed by atoms with Crippen LogP contribution < -0.4 is 5.73 Å². The van der Waals surface area contributed by atoms with E-state index in [-0.39, 0.29) is 5.92 Å². The second kappa shape index (κ2) is 4.97. The molecule has 1 heterocycles. The van der Waals surface area contributed by atoms with E-state index in [0.717, 1.165) is 11.5 Å². The van der Waals surface area contributed by atoms with E-state index in [1.165, 1.54) is 5.56 Å². The molecule has 2 N–H and O–H groups in total. The van der Waals surface area contributed by atoms with Gasteiger partial charge in [-0.3, -0.25) is 0 Å². The molecule has 3 heteroatoms. The summed E-state index contributed by atoms with van der Waals surface area (Å²) in [5, 5.41) is 0. The van der Waals surface area contributed by atoms with Crippen molar-refractivity contribution in [1.29, 1.82) is 0 Å². The molecule has 0 aliphatic heterocycles. The fraction of sp³-hybridized carbons (Fsp3) is 0.267. The standard InChI is InChI=1S/C15H17N3/c1-4-10-18-12(3)17-14(15(18)16)11(2)13-8-6-5-7-9-13/h1,5-9,11H,10,16H2,2-3H3. The van der Waals surface area contributed by atoms with Crippen molar-refractivity contribution in [1.82, 2.24) is 9.55 Å². The molecule has 0 aliphatic carbocycles. The summed E-state index contributed by atoms with van der Waals surface area (Å²) in [4.78, 5) is 4.55. The molecule has 1 atom stereocenters. The number of hydrogen-bond donors (Lipinski definition) is 1. The summed E-state index contributed by atoms with van der Waals surface area (Å²) in [7, 11) is 0.